The maximum Gasteiger partial charge on any atom is 0.263 e. The number of hydrogen-bond acceptors (Lipinski definition) is 6. The van der Waals surface area contributed by atoms with E-state index in [1.807, 2.05) is 20.8 Å². The standard InChI is InChI=1S/C17H23N5O2S/c1-4-12-14(25-17(21-12)15-18-9-7-10-19-15)16(24)20-11-8-13(23)22(5-2)6-3/h7,9-10H,4-6,8,11H2,1-3H3,(H,20,24). The highest BCUT2D eigenvalue weighted by atomic mass is 32.1. The van der Waals surface area contributed by atoms with Gasteiger partial charge in [0.25, 0.3) is 5.91 Å². The fourth-order valence-corrected chi connectivity index (χ4v) is 3.39. The van der Waals surface area contributed by atoms with Gasteiger partial charge in [-0.3, -0.25) is 9.59 Å². The van der Waals surface area contributed by atoms with Gasteiger partial charge in [0.1, 0.15) is 4.88 Å². The molecular formula is C17H23N5O2S. The van der Waals surface area contributed by atoms with E-state index in [2.05, 4.69) is 20.3 Å². The number of thiazole rings is 1. The number of amides is 2. The topological polar surface area (TPSA) is 88.1 Å². The lowest BCUT2D eigenvalue weighted by Gasteiger charge is -2.18. The number of carbonyl (C=O) groups excluding carboxylic acids is 2. The summed E-state index contributed by atoms with van der Waals surface area (Å²) in [5.74, 6) is 0.352. The van der Waals surface area contributed by atoms with Crippen LogP contribution >= 0.6 is 11.3 Å². The molecule has 0 saturated heterocycles. The SMILES string of the molecule is CCc1nc(-c2ncccn2)sc1C(=O)NCCC(=O)N(CC)CC. The third-order valence-electron chi connectivity index (χ3n) is 3.74. The van der Waals surface area contributed by atoms with Gasteiger partial charge in [-0.05, 0) is 26.3 Å². The van der Waals surface area contributed by atoms with Crippen molar-refractivity contribution >= 4 is 23.2 Å². The normalized spacial score (nSPS) is 10.5. The van der Waals surface area contributed by atoms with E-state index in [-0.39, 0.29) is 11.8 Å². The van der Waals surface area contributed by atoms with Gasteiger partial charge in [-0.1, -0.05) is 6.92 Å². The van der Waals surface area contributed by atoms with Crippen LogP contribution in [0.2, 0.25) is 0 Å². The zero-order valence-electron chi connectivity index (χ0n) is 14.8. The highest BCUT2D eigenvalue weighted by Crippen LogP contribution is 2.25. The minimum atomic E-state index is -0.205. The molecule has 0 fully saturated rings. The highest BCUT2D eigenvalue weighted by molar-refractivity contribution is 7.17. The van der Waals surface area contributed by atoms with Gasteiger partial charge in [0.15, 0.2) is 10.8 Å². The van der Waals surface area contributed by atoms with E-state index in [1.54, 1.807) is 23.4 Å². The van der Waals surface area contributed by atoms with Gasteiger partial charge < -0.3 is 10.2 Å². The Labute approximate surface area is 151 Å². The van der Waals surface area contributed by atoms with Crippen molar-refractivity contribution in [2.24, 2.45) is 0 Å². The first-order valence-corrected chi connectivity index (χ1v) is 9.25. The molecule has 0 saturated carbocycles. The van der Waals surface area contributed by atoms with Gasteiger partial charge in [-0.2, -0.15) is 0 Å². The van der Waals surface area contributed by atoms with Gasteiger partial charge >= 0.3 is 0 Å². The quantitative estimate of drug-likeness (QED) is 0.778. The largest absolute Gasteiger partial charge is 0.351 e. The summed E-state index contributed by atoms with van der Waals surface area (Å²) in [6.45, 7) is 7.50. The molecule has 2 amide bonds. The molecule has 7 nitrogen and oxygen atoms in total. The molecule has 0 aromatic carbocycles. The molecule has 2 aromatic heterocycles. The predicted octanol–water partition coefficient (Wildman–Crippen LogP) is 2.15. The lowest BCUT2D eigenvalue weighted by molar-refractivity contribution is -0.130. The second kappa shape index (κ2) is 9.22. The number of rotatable bonds is 8. The van der Waals surface area contributed by atoms with E-state index in [4.69, 9.17) is 0 Å². The van der Waals surface area contributed by atoms with E-state index in [9.17, 15) is 9.59 Å². The molecular weight excluding hydrogens is 338 g/mol. The highest BCUT2D eigenvalue weighted by Gasteiger charge is 2.19. The number of aryl methyl sites for hydroxylation is 1. The zero-order valence-corrected chi connectivity index (χ0v) is 15.6. The van der Waals surface area contributed by atoms with E-state index < -0.39 is 0 Å². The zero-order chi connectivity index (χ0) is 18.2. The van der Waals surface area contributed by atoms with Crippen molar-refractivity contribution in [2.75, 3.05) is 19.6 Å². The van der Waals surface area contributed by atoms with Crippen LogP contribution in [0.5, 0.6) is 0 Å². The summed E-state index contributed by atoms with van der Waals surface area (Å²) in [4.78, 5) is 39.6. The maximum atomic E-state index is 12.5. The summed E-state index contributed by atoms with van der Waals surface area (Å²) in [5, 5.41) is 3.44. The summed E-state index contributed by atoms with van der Waals surface area (Å²) in [6.07, 6.45) is 4.23. The number of nitrogens with one attached hydrogen (secondary N) is 1. The van der Waals surface area contributed by atoms with Crippen molar-refractivity contribution < 1.29 is 9.59 Å². The van der Waals surface area contributed by atoms with Crippen molar-refractivity contribution in [1.82, 2.24) is 25.2 Å². The van der Waals surface area contributed by atoms with Crippen molar-refractivity contribution in [2.45, 2.75) is 33.6 Å². The average molecular weight is 361 g/mol. The van der Waals surface area contributed by atoms with Crippen LogP contribution in [0, 0.1) is 0 Å². The molecule has 2 aromatic rings. The minimum absolute atomic E-state index is 0.0451. The monoisotopic (exact) mass is 361 g/mol. The summed E-state index contributed by atoms with van der Waals surface area (Å²) in [7, 11) is 0. The minimum Gasteiger partial charge on any atom is -0.351 e. The summed E-state index contributed by atoms with van der Waals surface area (Å²) in [5.41, 5.74) is 0.722. The maximum absolute atomic E-state index is 12.5. The fraction of sp³-hybridized carbons (Fsp3) is 0.471. The number of nitrogens with zero attached hydrogens (tertiary/aromatic N) is 4. The van der Waals surface area contributed by atoms with E-state index in [0.29, 0.717) is 48.2 Å². The van der Waals surface area contributed by atoms with Crippen LogP contribution in [0.15, 0.2) is 18.5 Å². The van der Waals surface area contributed by atoms with Crippen LogP contribution in [0.1, 0.15) is 42.6 Å². The molecule has 2 heterocycles. The second-order valence-electron chi connectivity index (χ2n) is 5.29. The molecule has 134 valence electrons. The summed E-state index contributed by atoms with van der Waals surface area (Å²) < 4.78 is 0. The Hall–Kier alpha value is -2.35. The van der Waals surface area contributed by atoms with Gasteiger partial charge in [-0.25, -0.2) is 15.0 Å². The van der Waals surface area contributed by atoms with Crippen molar-refractivity contribution in [3.05, 3.63) is 29.0 Å². The smallest absolute Gasteiger partial charge is 0.263 e. The van der Waals surface area contributed by atoms with Crippen LogP contribution in [0.3, 0.4) is 0 Å². The second-order valence-corrected chi connectivity index (χ2v) is 6.29. The molecule has 25 heavy (non-hydrogen) atoms. The van der Waals surface area contributed by atoms with Crippen molar-refractivity contribution in [1.29, 1.82) is 0 Å². The predicted molar refractivity (Wildman–Crippen MR) is 97.4 cm³/mol. The number of carbonyl (C=O) groups is 2. The van der Waals surface area contributed by atoms with E-state index >= 15 is 0 Å². The molecule has 0 aliphatic carbocycles. The first-order chi connectivity index (χ1) is 12.1. The van der Waals surface area contributed by atoms with Crippen LogP contribution < -0.4 is 5.32 Å². The van der Waals surface area contributed by atoms with Crippen LogP contribution in [-0.2, 0) is 11.2 Å². The molecule has 8 heteroatoms. The molecule has 2 rings (SSSR count). The first-order valence-electron chi connectivity index (χ1n) is 8.43. The van der Waals surface area contributed by atoms with Gasteiger partial charge in [0.05, 0.1) is 5.69 Å². The molecule has 0 aliphatic rings. The molecule has 0 atom stereocenters. The molecule has 0 aliphatic heterocycles. The van der Waals surface area contributed by atoms with E-state index in [1.165, 1.54) is 11.3 Å². The Balaban J connectivity index is 2.02. The van der Waals surface area contributed by atoms with E-state index in [0.717, 1.165) is 5.69 Å². The van der Waals surface area contributed by atoms with Crippen LogP contribution in [0.4, 0.5) is 0 Å². The first kappa shape index (κ1) is 19.0. The third-order valence-corrected chi connectivity index (χ3v) is 4.83. The Bertz CT molecular complexity index is 713. The Kier molecular flexibility index (Phi) is 7.00. The lowest BCUT2D eigenvalue weighted by Crippen LogP contribution is -2.34. The number of aromatic nitrogens is 3. The van der Waals surface area contributed by atoms with Gasteiger partial charge in [-0.15, -0.1) is 11.3 Å². The summed E-state index contributed by atoms with van der Waals surface area (Å²) >= 11 is 1.28. The third kappa shape index (κ3) is 4.82. The Morgan fingerprint density at radius 3 is 2.44 bits per heavy atom. The molecule has 0 unspecified atom stereocenters. The molecule has 0 spiro atoms. The average Bonchev–Trinajstić information content (AvgIpc) is 3.08. The van der Waals surface area contributed by atoms with Crippen molar-refractivity contribution in [3.8, 4) is 10.8 Å². The van der Waals surface area contributed by atoms with Crippen LogP contribution in [-0.4, -0.2) is 51.3 Å². The van der Waals surface area contributed by atoms with Crippen molar-refractivity contribution in [3.63, 3.8) is 0 Å². The van der Waals surface area contributed by atoms with Gasteiger partial charge in [0.2, 0.25) is 5.91 Å². The Morgan fingerprint density at radius 2 is 1.84 bits per heavy atom. The molecule has 0 radical (unpaired) electrons. The summed E-state index contributed by atoms with van der Waals surface area (Å²) in [6, 6.07) is 1.73. The lowest BCUT2D eigenvalue weighted by atomic mass is 10.2. The number of hydrogen-bond donors (Lipinski definition) is 1. The molecule has 0 bridgehead atoms. The molecule has 1 N–H and O–H groups in total. The van der Waals surface area contributed by atoms with Crippen LogP contribution in [0.25, 0.3) is 10.8 Å². The Morgan fingerprint density at radius 1 is 1.16 bits per heavy atom. The fourth-order valence-electron chi connectivity index (χ4n) is 2.37. The van der Waals surface area contributed by atoms with Gasteiger partial charge in [0, 0.05) is 38.4 Å².